The zero-order valence-corrected chi connectivity index (χ0v) is 6.60. The van der Waals surface area contributed by atoms with Crippen molar-refractivity contribution in [1.29, 1.82) is 0 Å². The highest BCUT2D eigenvalue weighted by atomic mass is 16.5. The van der Waals surface area contributed by atoms with Gasteiger partial charge in [-0.2, -0.15) is 0 Å². The molecule has 0 aliphatic heterocycles. The van der Waals surface area contributed by atoms with Crippen molar-refractivity contribution in [1.82, 2.24) is 5.32 Å². The van der Waals surface area contributed by atoms with E-state index in [0.29, 0.717) is 6.61 Å². The normalized spacial score (nSPS) is 16.0. The summed E-state index contributed by atoms with van der Waals surface area (Å²) in [5.74, 6) is -0.433. The molecule has 1 unspecified atom stereocenters. The van der Waals surface area contributed by atoms with Crippen LogP contribution in [0.4, 0.5) is 0 Å². The molecule has 10 heavy (non-hydrogen) atoms. The average molecular weight is 146 g/mol. The zero-order valence-electron chi connectivity index (χ0n) is 6.60. The Morgan fingerprint density at radius 2 is 2.30 bits per heavy atom. The minimum Gasteiger partial charge on any atom is -0.464 e. The molecule has 0 aromatic carbocycles. The Balaban J connectivity index is 3.91. The number of nitrogens with one attached hydrogen (secondary N) is 1. The molecule has 0 radical (unpaired) electrons. The van der Waals surface area contributed by atoms with Gasteiger partial charge in [-0.05, 0) is 20.9 Å². The lowest BCUT2D eigenvalue weighted by Crippen LogP contribution is -2.56. The van der Waals surface area contributed by atoms with Gasteiger partial charge in [0.2, 0.25) is 0 Å². The quantitative estimate of drug-likeness (QED) is 0.414. The fraction of sp³-hybridized carbons (Fsp3) is 0.833. The first kappa shape index (κ1) is 9.39. The predicted molar refractivity (Wildman–Crippen MR) is 38.3 cm³/mol. The molecule has 0 saturated heterocycles. The number of carbonyl (C=O) groups excluding carboxylic acids is 1. The van der Waals surface area contributed by atoms with Crippen LogP contribution < -0.4 is 11.1 Å². The van der Waals surface area contributed by atoms with Crippen molar-refractivity contribution in [3.8, 4) is 0 Å². The number of hydrogen-bond donors (Lipinski definition) is 2. The highest BCUT2D eigenvalue weighted by Crippen LogP contribution is 1.95. The largest absolute Gasteiger partial charge is 0.464 e. The number of hydrogen-bond acceptors (Lipinski definition) is 4. The van der Waals surface area contributed by atoms with E-state index in [1.165, 1.54) is 0 Å². The maximum Gasteiger partial charge on any atom is 0.340 e. The van der Waals surface area contributed by atoms with E-state index in [1.54, 1.807) is 20.9 Å². The third kappa shape index (κ3) is 2.33. The fourth-order valence-corrected chi connectivity index (χ4v) is 0.383. The molecule has 0 spiro atoms. The third-order valence-corrected chi connectivity index (χ3v) is 1.22. The topological polar surface area (TPSA) is 64.3 Å². The second-order valence-corrected chi connectivity index (χ2v) is 2.17. The lowest BCUT2D eigenvalue weighted by molar-refractivity contribution is -0.150. The molecule has 0 bridgehead atoms. The van der Waals surface area contributed by atoms with Gasteiger partial charge in [0.05, 0.1) is 6.61 Å². The van der Waals surface area contributed by atoms with Gasteiger partial charge in [-0.1, -0.05) is 0 Å². The molecule has 0 saturated carbocycles. The van der Waals surface area contributed by atoms with E-state index >= 15 is 0 Å². The molecular formula is C6H14N2O2. The van der Waals surface area contributed by atoms with Crippen molar-refractivity contribution >= 4 is 5.97 Å². The van der Waals surface area contributed by atoms with Gasteiger partial charge in [0.25, 0.3) is 0 Å². The van der Waals surface area contributed by atoms with E-state index in [9.17, 15) is 4.79 Å². The van der Waals surface area contributed by atoms with E-state index in [4.69, 9.17) is 5.73 Å². The monoisotopic (exact) mass is 146 g/mol. The molecule has 0 aromatic heterocycles. The Kier molecular flexibility index (Phi) is 3.32. The lowest BCUT2D eigenvalue weighted by Gasteiger charge is -2.20. The van der Waals surface area contributed by atoms with Crippen LogP contribution in [0, 0.1) is 0 Å². The van der Waals surface area contributed by atoms with Crippen molar-refractivity contribution in [3.63, 3.8) is 0 Å². The van der Waals surface area contributed by atoms with Crippen LogP contribution in [-0.2, 0) is 9.53 Å². The lowest BCUT2D eigenvalue weighted by atomic mass is 10.2. The summed E-state index contributed by atoms with van der Waals surface area (Å²) in [4.78, 5) is 10.9. The van der Waals surface area contributed by atoms with Crippen molar-refractivity contribution < 1.29 is 9.53 Å². The van der Waals surface area contributed by atoms with Gasteiger partial charge in [0.15, 0.2) is 5.66 Å². The van der Waals surface area contributed by atoms with Crippen molar-refractivity contribution in [2.45, 2.75) is 19.5 Å². The van der Waals surface area contributed by atoms with Crippen LogP contribution in [0.3, 0.4) is 0 Å². The first-order valence-electron chi connectivity index (χ1n) is 3.19. The molecule has 0 aromatic rings. The van der Waals surface area contributed by atoms with Crippen LogP contribution in [-0.4, -0.2) is 25.3 Å². The van der Waals surface area contributed by atoms with Crippen LogP contribution in [0.2, 0.25) is 0 Å². The summed E-state index contributed by atoms with van der Waals surface area (Å²) in [6, 6.07) is 0. The Labute approximate surface area is 60.7 Å². The van der Waals surface area contributed by atoms with Gasteiger partial charge < -0.3 is 10.5 Å². The molecule has 0 aliphatic rings. The second-order valence-electron chi connectivity index (χ2n) is 2.17. The molecule has 4 heteroatoms. The van der Waals surface area contributed by atoms with E-state index in [-0.39, 0.29) is 0 Å². The molecule has 0 rings (SSSR count). The van der Waals surface area contributed by atoms with Crippen LogP contribution in [0.1, 0.15) is 13.8 Å². The predicted octanol–water partition coefficient (Wildman–Crippen LogP) is -0.556. The van der Waals surface area contributed by atoms with E-state index in [0.717, 1.165) is 0 Å². The summed E-state index contributed by atoms with van der Waals surface area (Å²) in [5, 5.41) is 2.63. The number of esters is 1. The molecular weight excluding hydrogens is 132 g/mol. The van der Waals surface area contributed by atoms with Gasteiger partial charge in [-0.3, -0.25) is 5.32 Å². The van der Waals surface area contributed by atoms with Gasteiger partial charge in [-0.15, -0.1) is 0 Å². The SMILES string of the molecule is CCOC(=O)C(C)(N)NC. The first-order valence-corrected chi connectivity index (χ1v) is 3.19. The zero-order chi connectivity index (χ0) is 8.20. The fourth-order valence-electron chi connectivity index (χ4n) is 0.383. The van der Waals surface area contributed by atoms with E-state index in [1.807, 2.05) is 0 Å². The highest BCUT2D eigenvalue weighted by Gasteiger charge is 2.26. The van der Waals surface area contributed by atoms with Crippen molar-refractivity contribution in [2.24, 2.45) is 5.73 Å². The summed E-state index contributed by atoms with van der Waals surface area (Å²) in [7, 11) is 1.61. The number of rotatable bonds is 3. The Bertz CT molecular complexity index is 123. The van der Waals surface area contributed by atoms with Crippen molar-refractivity contribution in [2.75, 3.05) is 13.7 Å². The molecule has 3 N–H and O–H groups in total. The number of ether oxygens (including phenoxy) is 1. The maximum atomic E-state index is 10.9. The molecule has 0 fully saturated rings. The number of nitrogens with two attached hydrogens (primary N) is 1. The third-order valence-electron chi connectivity index (χ3n) is 1.22. The smallest absolute Gasteiger partial charge is 0.340 e. The van der Waals surface area contributed by atoms with E-state index in [2.05, 4.69) is 10.1 Å². The number of likely N-dealkylation sites (N-methyl/N-ethyl adjacent to an activating group) is 1. The standard InChI is InChI=1S/C6H14N2O2/c1-4-10-5(9)6(2,7)8-3/h8H,4,7H2,1-3H3. The molecule has 0 amide bonds. The molecule has 4 nitrogen and oxygen atoms in total. The van der Waals surface area contributed by atoms with Gasteiger partial charge >= 0.3 is 5.97 Å². The molecule has 1 atom stereocenters. The summed E-state index contributed by atoms with van der Waals surface area (Å²) < 4.78 is 4.67. The Morgan fingerprint density at radius 3 is 2.60 bits per heavy atom. The first-order chi connectivity index (χ1) is 4.54. The summed E-state index contributed by atoms with van der Waals surface area (Å²) in [6.45, 7) is 3.65. The minimum absolute atomic E-state index is 0.354. The van der Waals surface area contributed by atoms with Crippen LogP contribution in [0.5, 0.6) is 0 Å². The average Bonchev–Trinajstić information content (AvgIpc) is 1.89. The van der Waals surface area contributed by atoms with Crippen LogP contribution >= 0.6 is 0 Å². The van der Waals surface area contributed by atoms with E-state index < -0.39 is 11.6 Å². The number of carbonyl (C=O) groups is 1. The molecule has 0 heterocycles. The van der Waals surface area contributed by atoms with Crippen molar-refractivity contribution in [3.05, 3.63) is 0 Å². The second kappa shape index (κ2) is 3.53. The molecule has 0 aliphatic carbocycles. The summed E-state index contributed by atoms with van der Waals surface area (Å²) in [5.41, 5.74) is 4.40. The van der Waals surface area contributed by atoms with Crippen LogP contribution in [0.25, 0.3) is 0 Å². The van der Waals surface area contributed by atoms with Gasteiger partial charge in [0.1, 0.15) is 0 Å². The maximum absolute atomic E-state index is 10.9. The van der Waals surface area contributed by atoms with Gasteiger partial charge in [-0.25, -0.2) is 4.79 Å². The minimum atomic E-state index is -1.06. The summed E-state index contributed by atoms with van der Waals surface area (Å²) in [6.07, 6.45) is 0. The molecule has 60 valence electrons. The Hall–Kier alpha value is -0.610. The Morgan fingerprint density at radius 1 is 1.80 bits per heavy atom. The summed E-state index contributed by atoms with van der Waals surface area (Å²) >= 11 is 0. The van der Waals surface area contributed by atoms with Crippen LogP contribution in [0.15, 0.2) is 0 Å². The van der Waals surface area contributed by atoms with Gasteiger partial charge in [0, 0.05) is 0 Å². The highest BCUT2D eigenvalue weighted by molar-refractivity contribution is 5.79.